The van der Waals surface area contributed by atoms with Crippen LogP contribution >= 0.6 is 0 Å². The number of aromatic amines is 1. The molecule has 2 aromatic rings. The summed E-state index contributed by atoms with van der Waals surface area (Å²) in [6, 6.07) is 6.06. The van der Waals surface area contributed by atoms with Gasteiger partial charge in [-0.1, -0.05) is 12.1 Å². The average Bonchev–Trinajstić information content (AvgIpc) is 2.98. The van der Waals surface area contributed by atoms with Crippen molar-refractivity contribution in [3.8, 4) is 0 Å². The van der Waals surface area contributed by atoms with Crippen LogP contribution in [0.4, 0.5) is 4.39 Å². The molecule has 1 aliphatic rings. The molecule has 3 rings (SSSR count). The van der Waals surface area contributed by atoms with Crippen molar-refractivity contribution < 1.29 is 14.0 Å². The summed E-state index contributed by atoms with van der Waals surface area (Å²) < 4.78 is 13.2. The van der Waals surface area contributed by atoms with E-state index in [1.165, 1.54) is 18.3 Å². The molecule has 1 saturated heterocycles. The molecule has 1 aromatic carbocycles. The second-order valence-corrected chi connectivity index (χ2v) is 5.69. The van der Waals surface area contributed by atoms with Gasteiger partial charge in [-0.15, -0.1) is 0 Å². The van der Waals surface area contributed by atoms with Crippen molar-refractivity contribution in [2.45, 2.75) is 12.8 Å². The van der Waals surface area contributed by atoms with Gasteiger partial charge >= 0.3 is 0 Å². The number of hydrogen-bond donors (Lipinski definition) is 1. The van der Waals surface area contributed by atoms with Crippen LogP contribution in [0.15, 0.2) is 30.5 Å². The molecule has 1 fully saturated rings. The summed E-state index contributed by atoms with van der Waals surface area (Å²) in [5.41, 5.74) is 0.925. The fraction of sp³-hybridized carbons (Fsp3) is 0.375. The molecule has 126 valence electrons. The summed E-state index contributed by atoms with van der Waals surface area (Å²) >= 11 is 0. The third kappa shape index (κ3) is 3.76. The summed E-state index contributed by atoms with van der Waals surface area (Å²) in [5, 5.41) is 9.86. The summed E-state index contributed by atoms with van der Waals surface area (Å²) in [6.07, 6.45) is 2.24. The van der Waals surface area contributed by atoms with E-state index in [1.807, 2.05) is 0 Å². The monoisotopic (exact) mass is 331 g/mol. The molecular formula is C16H18FN5O2. The predicted molar refractivity (Wildman–Crippen MR) is 83.6 cm³/mol. The van der Waals surface area contributed by atoms with Crippen LogP contribution < -0.4 is 0 Å². The van der Waals surface area contributed by atoms with Crippen molar-refractivity contribution >= 4 is 11.8 Å². The average molecular weight is 331 g/mol. The quantitative estimate of drug-likeness (QED) is 0.904. The van der Waals surface area contributed by atoms with E-state index in [0.717, 1.165) is 0 Å². The Bertz CT molecular complexity index is 719. The highest BCUT2D eigenvalue weighted by Crippen LogP contribution is 2.10. The molecule has 1 aliphatic heterocycles. The van der Waals surface area contributed by atoms with Gasteiger partial charge in [0, 0.05) is 26.2 Å². The number of H-pyrrole nitrogens is 1. The maximum atomic E-state index is 13.2. The van der Waals surface area contributed by atoms with Crippen molar-refractivity contribution in [3.63, 3.8) is 0 Å². The second kappa shape index (κ2) is 7.20. The van der Waals surface area contributed by atoms with E-state index in [0.29, 0.717) is 38.2 Å². The van der Waals surface area contributed by atoms with Crippen LogP contribution in [0.2, 0.25) is 0 Å². The van der Waals surface area contributed by atoms with Crippen molar-refractivity contribution in [2.24, 2.45) is 0 Å². The Hall–Kier alpha value is -2.77. The molecule has 2 heterocycles. The van der Waals surface area contributed by atoms with Gasteiger partial charge in [0.05, 0.1) is 12.6 Å². The van der Waals surface area contributed by atoms with Gasteiger partial charge < -0.3 is 9.80 Å². The molecule has 0 aliphatic carbocycles. The Morgan fingerprint density at radius 1 is 1.17 bits per heavy atom. The number of nitrogens with one attached hydrogen (secondary N) is 1. The fourth-order valence-corrected chi connectivity index (χ4v) is 2.77. The van der Waals surface area contributed by atoms with E-state index in [9.17, 15) is 14.0 Å². The normalized spacial score (nSPS) is 15.2. The second-order valence-electron chi connectivity index (χ2n) is 5.69. The van der Waals surface area contributed by atoms with E-state index < -0.39 is 0 Å². The maximum Gasteiger partial charge on any atom is 0.276 e. The smallest absolute Gasteiger partial charge is 0.276 e. The Labute approximate surface area is 138 Å². The van der Waals surface area contributed by atoms with E-state index >= 15 is 0 Å². The Kier molecular flexibility index (Phi) is 4.83. The number of aromatic nitrogens is 3. The minimum absolute atomic E-state index is 0.0589. The minimum Gasteiger partial charge on any atom is -0.341 e. The van der Waals surface area contributed by atoms with Gasteiger partial charge in [0.1, 0.15) is 5.82 Å². The first kappa shape index (κ1) is 16.1. The standard InChI is InChI=1S/C16H18FN5O2/c17-13-4-1-3-12(9-13)10-15(23)21-5-2-6-22(8-7-21)16(24)14-11-18-20-19-14/h1,3-4,9,11H,2,5-8,10H2,(H,18,19,20). The van der Waals surface area contributed by atoms with Crippen LogP contribution in [0.5, 0.6) is 0 Å². The van der Waals surface area contributed by atoms with Crippen molar-refractivity contribution in [3.05, 3.63) is 47.5 Å². The highest BCUT2D eigenvalue weighted by molar-refractivity contribution is 5.92. The molecule has 7 nitrogen and oxygen atoms in total. The molecule has 0 saturated carbocycles. The third-order valence-corrected chi connectivity index (χ3v) is 4.01. The van der Waals surface area contributed by atoms with Crippen LogP contribution in [-0.4, -0.2) is 63.2 Å². The lowest BCUT2D eigenvalue weighted by atomic mass is 10.1. The van der Waals surface area contributed by atoms with Crippen molar-refractivity contribution in [2.75, 3.05) is 26.2 Å². The molecule has 2 amide bonds. The van der Waals surface area contributed by atoms with Gasteiger partial charge in [-0.05, 0) is 24.1 Å². The molecule has 0 spiro atoms. The molecule has 0 bridgehead atoms. The topological polar surface area (TPSA) is 82.2 Å². The molecular weight excluding hydrogens is 313 g/mol. The zero-order chi connectivity index (χ0) is 16.9. The van der Waals surface area contributed by atoms with Gasteiger partial charge in [-0.25, -0.2) is 4.39 Å². The zero-order valence-corrected chi connectivity index (χ0v) is 13.1. The van der Waals surface area contributed by atoms with Crippen molar-refractivity contribution in [1.29, 1.82) is 0 Å². The minimum atomic E-state index is -0.347. The van der Waals surface area contributed by atoms with Crippen LogP contribution in [0, 0.1) is 5.82 Å². The number of hydrogen-bond acceptors (Lipinski definition) is 4. The van der Waals surface area contributed by atoms with Crippen molar-refractivity contribution in [1.82, 2.24) is 25.2 Å². The number of carbonyl (C=O) groups is 2. The summed E-state index contributed by atoms with van der Waals surface area (Å²) in [4.78, 5) is 28.1. The molecule has 1 aromatic heterocycles. The molecule has 0 unspecified atom stereocenters. The number of nitrogens with zero attached hydrogens (tertiary/aromatic N) is 4. The molecule has 24 heavy (non-hydrogen) atoms. The van der Waals surface area contributed by atoms with E-state index in [2.05, 4.69) is 15.4 Å². The SMILES string of the molecule is O=C(Cc1cccc(F)c1)N1CCCN(C(=O)c2cn[nH]n2)CC1. The first-order valence-corrected chi connectivity index (χ1v) is 7.81. The number of halogens is 1. The first-order valence-electron chi connectivity index (χ1n) is 7.81. The highest BCUT2D eigenvalue weighted by Gasteiger charge is 2.24. The summed E-state index contributed by atoms with van der Waals surface area (Å²) in [5.74, 6) is -0.597. The maximum absolute atomic E-state index is 13.2. The molecule has 0 atom stereocenters. The van der Waals surface area contributed by atoms with E-state index in [-0.39, 0.29) is 29.7 Å². The lowest BCUT2D eigenvalue weighted by Gasteiger charge is -2.21. The Morgan fingerprint density at radius 3 is 2.71 bits per heavy atom. The molecule has 1 N–H and O–H groups in total. The molecule has 0 radical (unpaired) electrons. The Morgan fingerprint density at radius 2 is 1.96 bits per heavy atom. The molecule has 8 heteroatoms. The largest absolute Gasteiger partial charge is 0.341 e. The predicted octanol–water partition coefficient (Wildman–Crippen LogP) is 0.861. The zero-order valence-electron chi connectivity index (χ0n) is 13.1. The van der Waals surface area contributed by atoms with Crippen LogP contribution in [0.3, 0.4) is 0 Å². The van der Waals surface area contributed by atoms with Gasteiger partial charge in [-0.3, -0.25) is 9.59 Å². The highest BCUT2D eigenvalue weighted by atomic mass is 19.1. The van der Waals surface area contributed by atoms with Gasteiger partial charge in [-0.2, -0.15) is 15.4 Å². The number of carbonyl (C=O) groups excluding carboxylic acids is 2. The van der Waals surface area contributed by atoms with E-state index in [4.69, 9.17) is 0 Å². The van der Waals surface area contributed by atoms with Crippen LogP contribution in [0.1, 0.15) is 22.5 Å². The summed E-state index contributed by atoms with van der Waals surface area (Å²) in [6.45, 7) is 2.05. The summed E-state index contributed by atoms with van der Waals surface area (Å²) in [7, 11) is 0. The lowest BCUT2D eigenvalue weighted by Crippen LogP contribution is -2.38. The van der Waals surface area contributed by atoms with Gasteiger partial charge in [0.2, 0.25) is 5.91 Å². The fourth-order valence-electron chi connectivity index (χ4n) is 2.77. The lowest BCUT2D eigenvalue weighted by molar-refractivity contribution is -0.130. The number of benzene rings is 1. The van der Waals surface area contributed by atoms with Crippen LogP contribution in [-0.2, 0) is 11.2 Å². The number of rotatable bonds is 3. The van der Waals surface area contributed by atoms with Crippen LogP contribution in [0.25, 0.3) is 0 Å². The van der Waals surface area contributed by atoms with Gasteiger partial charge in [0.15, 0.2) is 5.69 Å². The van der Waals surface area contributed by atoms with E-state index in [1.54, 1.807) is 21.9 Å². The Balaban J connectivity index is 1.59. The third-order valence-electron chi connectivity index (χ3n) is 4.01. The first-order chi connectivity index (χ1) is 11.6. The number of amides is 2. The van der Waals surface area contributed by atoms with Gasteiger partial charge in [0.25, 0.3) is 5.91 Å².